The minimum absolute atomic E-state index is 0.0713. The SMILES string of the molecule is CC(C)(C)c1ccc(-n2c3ccccc3c3cc(-c4cc(N(c5ccccc5)c5ccc6c(c5)C(C)(C)c5ccccc5-6)cc(N(c5ccccc5)c5ccc6sc7ccccc7c6c5)c4)ccc32)cc1. The first-order chi connectivity index (χ1) is 34.6. The van der Waals surface area contributed by atoms with Crippen molar-refractivity contribution in [3.63, 3.8) is 0 Å². The molecule has 2 heterocycles. The molecule has 10 aromatic carbocycles. The maximum Gasteiger partial charge on any atom is 0.0541 e. The van der Waals surface area contributed by atoms with Gasteiger partial charge < -0.3 is 14.4 Å². The zero-order valence-corrected chi connectivity index (χ0v) is 41.5. The van der Waals surface area contributed by atoms with Gasteiger partial charge in [-0.15, -0.1) is 11.3 Å². The molecule has 0 bridgehead atoms. The van der Waals surface area contributed by atoms with Crippen molar-refractivity contribution < 1.29 is 0 Å². The molecule has 71 heavy (non-hydrogen) atoms. The van der Waals surface area contributed by atoms with E-state index in [1.54, 1.807) is 0 Å². The lowest BCUT2D eigenvalue weighted by atomic mass is 9.82. The molecule has 0 amide bonds. The molecule has 13 rings (SSSR count). The summed E-state index contributed by atoms with van der Waals surface area (Å²) in [4.78, 5) is 4.90. The molecule has 1 aliphatic rings. The third-order valence-electron chi connectivity index (χ3n) is 14.9. The smallest absolute Gasteiger partial charge is 0.0541 e. The van der Waals surface area contributed by atoms with Crippen LogP contribution in [0.4, 0.5) is 34.1 Å². The Labute approximate surface area is 420 Å². The fourth-order valence-electron chi connectivity index (χ4n) is 11.3. The molecular formula is C67H53N3S. The summed E-state index contributed by atoms with van der Waals surface area (Å²) in [7, 11) is 0. The molecule has 0 aliphatic heterocycles. The summed E-state index contributed by atoms with van der Waals surface area (Å²) >= 11 is 1.86. The van der Waals surface area contributed by atoms with Crippen molar-refractivity contribution in [2.75, 3.05) is 9.80 Å². The minimum Gasteiger partial charge on any atom is -0.310 e. The lowest BCUT2D eigenvalue weighted by molar-refractivity contribution is 0.590. The number of hydrogen-bond acceptors (Lipinski definition) is 3. The quantitative estimate of drug-likeness (QED) is 0.150. The zero-order valence-electron chi connectivity index (χ0n) is 40.7. The number of rotatable bonds is 8. The van der Waals surface area contributed by atoms with Gasteiger partial charge in [-0.25, -0.2) is 0 Å². The summed E-state index contributed by atoms with van der Waals surface area (Å²) in [5.74, 6) is 0. The first-order valence-corrected chi connectivity index (χ1v) is 25.6. The highest BCUT2D eigenvalue weighted by Gasteiger charge is 2.36. The van der Waals surface area contributed by atoms with Crippen LogP contribution in [0.1, 0.15) is 51.3 Å². The Bertz CT molecular complexity index is 4000. The van der Waals surface area contributed by atoms with Crippen LogP contribution in [0.2, 0.25) is 0 Å². The summed E-state index contributed by atoms with van der Waals surface area (Å²) < 4.78 is 5.01. The van der Waals surface area contributed by atoms with Crippen molar-refractivity contribution in [2.45, 2.75) is 45.4 Å². The fraction of sp³-hybridized carbons (Fsp3) is 0.104. The highest BCUT2D eigenvalue weighted by Crippen LogP contribution is 2.52. The van der Waals surface area contributed by atoms with Crippen LogP contribution in [0.15, 0.2) is 231 Å². The summed E-state index contributed by atoms with van der Waals surface area (Å²) in [6, 6.07) is 85.7. The number of anilines is 6. The molecule has 0 fully saturated rings. The van der Waals surface area contributed by atoms with Gasteiger partial charge in [-0.05, 0) is 154 Å². The second-order valence-electron chi connectivity index (χ2n) is 20.6. The lowest BCUT2D eigenvalue weighted by Crippen LogP contribution is -2.17. The average Bonchev–Trinajstić information content (AvgIpc) is 4.02. The van der Waals surface area contributed by atoms with E-state index in [0.29, 0.717) is 0 Å². The van der Waals surface area contributed by atoms with Crippen LogP contribution in [0.5, 0.6) is 0 Å². The van der Waals surface area contributed by atoms with Crippen molar-refractivity contribution in [3.05, 3.63) is 247 Å². The molecule has 3 nitrogen and oxygen atoms in total. The topological polar surface area (TPSA) is 11.4 Å². The van der Waals surface area contributed by atoms with E-state index in [4.69, 9.17) is 0 Å². The Morgan fingerprint density at radius 2 is 0.958 bits per heavy atom. The maximum atomic E-state index is 2.46. The first kappa shape index (κ1) is 42.9. The Morgan fingerprint density at radius 3 is 1.68 bits per heavy atom. The van der Waals surface area contributed by atoms with E-state index in [1.165, 1.54) is 69.8 Å². The van der Waals surface area contributed by atoms with Crippen LogP contribution in [-0.2, 0) is 10.8 Å². The van der Waals surface area contributed by atoms with Crippen molar-refractivity contribution >= 4 is 87.4 Å². The van der Waals surface area contributed by atoms with E-state index in [9.17, 15) is 0 Å². The van der Waals surface area contributed by atoms with Crippen LogP contribution in [0.3, 0.4) is 0 Å². The van der Waals surface area contributed by atoms with E-state index in [0.717, 1.165) is 50.9 Å². The van der Waals surface area contributed by atoms with E-state index < -0.39 is 0 Å². The van der Waals surface area contributed by atoms with Gasteiger partial charge in [0.05, 0.1) is 11.0 Å². The number of hydrogen-bond donors (Lipinski definition) is 0. The van der Waals surface area contributed by atoms with Crippen LogP contribution in [0, 0.1) is 0 Å². The Kier molecular flexibility index (Phi) is 9.95. The summed E-state index contributed by atoms with van der Waals surface area (Å²) in [5, 5.41) is 5.00. The molecule has 0 saturated heterocycles. The van der Waals surface area contributed by atoms with E-state index >= 15 is 0 Å². The van der Waals surface area contributed by atoms with Crippen molar-refractivity contribution in [2.24, 2.45) is 0 Å². The van der Waals surface area contributed by atoms with E-state index in [2.05, 4.69) is 280 Å². The molecular weight excluding hydrogens is 879 g/mol. The molecule has 0 atom stereocenters. The van der Waals surface area contributed by atoms with Gasteiger partial charge in [-0.1, -0.05) is 156 Å². The number of fused-ring (bicyclic) bond motifs is 9. The monoisotopic (exact) mass is 931 g/mol. The van der Waals surface area contributed by atoms with Gasteiger partial charge in [-0.3, -0.25) is 0 Å². The van der Waals surface area contributed by atoms with Gasteiger partial charge in [0.25, 0.3) is 0 Å². The molecule has 4 heteroatoms. The van der Waals surface area contributed by atoms with Crippen molar-refractivity contribution in [1.29, 1.82) is 0 Å². The summed E-state index contributed by atoms with van der Waals surface area (Å²) in [6.07, 6.45) is 0. The normalized spacial score (nSPS) is 13.0. The average molecular weight is 932 g/mol. The third kappa shape index (κ3) is 7.16. The number of para-hydroxylation sites is 3. The van der Waals surface area contributed by atoms with Crippen molar-refractivity contribution in [3.8, 4) is 27.9 Å². The predicted octanol–water partition coefficient (Wildman–Crippen LogP) is 19.4. The molecule has 0 unspecified atom stereocenters. The number of nitrogens with zero attached hydrogens (tertiary/aromatic N) is 3. The fourth-order valence-corrected chi connectivity index (χ4v) is 12.4. The van der Waals surface area contributed by atoms with E-state index in [-0.39, 0.29) is 10.8 Å². The predicted molar refractivity (Wildman–Crippen MR) is 305 cm³/mol. The molecule has 2 aromatic heterocycles. The standard InChI is InChI=1S/C67H53N3S/c1-66(2,3)46-29-31-49(32-30-46)70-62-26-16-13-23-56(62)58-40-44(28-36-63(58)70)45-38-52(68(47-18-8-6-9-19-47)50-34-37-65-59(42-50)57-24-14-17-27-64(57)71-65)41-53(39-45)69(48-20-10-7-11-21-48)51-33-35-55-54-22-12-15-25-60(54)67(4,5)61(55)43-51/h6-43H,1-5H3. The summed E-state index contributed by atoms with van der Waals surface area (Å²) in [6.45, 7) is 11.6. The van der Waals surface area contributed by atoms with Crippen LogP contribution in [-0.4, -0.2) is 4.57 Å². The molecule has 0 N–H and O–H groups in total. The van der Waals surface area contributed by atoms with Gasteiger partial charge in [0, 0.05) is 76.2 Å². The van der Waals surface area contributed by atoms with Crippen LogP contribution < -0.4 is 9.80 Å². The maximum absolute atomic E-state index is 2.46. The number of thiophene rings is 1. The van der Waals surface area contributed by atoms with Gasteiger partial charge in [0.15, 0.2) is 0 Å². The third-order valence-corrected chi connectivity index (χ3v) is 16.0. The molecule has 0 spiro atoms. The molecule has 0 radical (unpaired) electrons. The first-order valence-electron chi connectivity index (χ1n) is 24.7. The van der Waals surface area contributed by atoms with Gasteiger partial charge in [0.1, 0.15) is 0 Å². The zero-order chi connectivity index (χ0) is 48.0. The largest absolute Gasteiger partial charge is 0.310 e. The Hall–Kier alpha value is -8.18. The van der Waals surface area contributed by atoms with Crippen molar-refractivity contribution in [1.82, 2.24) is 4.57 Å². The Morgan fingerprint density at radius 1 is 0.380 bits per heavy atom. The number of aromatic nitrogens is 1. The van der Waals surface area contributed by atoms with Gasteiger partial charge in [-0.2, -0.15) is 0 Å². The highest BCUT2D eigenvalue weighted by atomic mass is 32.1. The Balaban J connectivity index is 1.05. The minimum atomic E-state index is -0.158. The molecule has 1 aliphatic carbocycles. The van der Waals surface area contributed by atoms with Crippen LogP contribution >= 0.6 is 11.3 Å². The number of benzene rings is 10. The van der Waals surface area contributed by atoms with Gasteiger partial charge in [0.2, 0.25) is 0 Å². The van der Waals surface area contributed by atoms with Gasteiger partial charge >= 0.3 is 0 Å². The highest BCUT2D eigenvalue weighted by molar-refractivity contribution is 7.25. The molecule has 0 saturated carbocycles. The second kappa shape index (κ2) is 16.5. The summed E-state index contributed by atoms with van der Waals surface area (Å²) in [5.41, 5.74) is 18.9. The lowest BCUT2D eigenvalue weighted by Gasteiger charge is -2.31. The molecule has 12 aromatic rings. The molecule has 342 valence electrons. The second-order valence-corrected chi connectivity index (χ2v) is 21.7. The van der Waals surface area contributed by atoms with E-state index in [1.807, 2.05) is 11.3 Å². The van der Waals surface area contributed by atoms with Crippen LogP contribution in [0.25, 0.3) is 69.9 Å².